The number of ether oxygens (including phenoxy) is 4. The van der Waals surface area contributed by atoms with Crippen molar-refractivity contribution in [3.8, 4) is 17.2 Å². The largest absolute Gasteiger partial charge is 0.507 e. The van der Waals surface area contributed by atoms with Crippen LogP contribution in [0, 0.1) is 13.8 Å². The van der Waals surface area contributed by atoms with Gasteiger partial charge in [-0.25, -0.2) is 9.78 Å². The molecule has 1 amide bonds. The Morgan fingerprint density at radius 1 is 1.02 bits per heavy atom. The number of anilines is 1. The lowest BCUT2D eigenvalue weighted by Crippen LogP contribution is -2.29. The normalized spacial score (nSPS) is 15.4. The van der Waals surface area contributed by atoms with Crippen LogP contribution in [0.15, 0.2) is 85.0 Å². The molecule has 1 saturated heterocycles. The van der Waals surface area contributed by atoms with Crippen molar-refractivity contribution in [3.05, 3.63) is 118 Å². The Hall–Kier alpha value is -5.42. The molecule has 0 bridgehead atoms. The van der Waals surface area contributed by atoms with Crippen LogP contribution in [-0.2, 0) is 20.9 Å². The molecular formula is C36H34N2O8S. The number of esters is 1. The van der Waals surface area contributed by atoms with Crippen LogP contribution in [0.2, 0.25) is 0 Å². The zero-order valence-electron chi connectivity index (χ0n) is 26.4. The third-order valence-electron chi connectivity index (χ3n) is 7.44. The average molecular weight is 655 g/mol. The van der Waals surface area contributed by atoms with Gasteiger partial charge in [0, 0.05) is 5.56 Å². The van der Waals surface area contributed by atoms with Gasteiger partial charge in [-0.15, -0.1) is 0 Å². The van der Waals surface area contributed by atoms with Gasteiger partial charge in [0.05, 0.1) is 31.0 Å². The maximum atomic E-state index is 13.8. The number of amides is 1. The fourth-order valence-corrected chi connectivity index (χ4v) is 6.19. The van der Waals surface area contributed by atoms with Crippen LogP contribution in [0.4, 0.5) is 5.13 Å². The third-order valence-corrected chi connectivity index (χ3v) is 8.58. The van der Waals surface area contributed by atoms with Gasteiger partial charge in [-0.05, 0) is 67.8 Å². The number of aromatic nitrogens is 1. The predicted octanol–water partition coefficient (Wildman–Crippen LogP) is 6.72. The highest BCUT2D eigenvalue weighted by Crippen LogP contribution is 2.45. The highest BCUT2D eigenvalue weighted by atomic mass is 32.1. The minimum absolute atomic E-state index is 0.00248. The topological polar surface area (TPSA) is 124 Å². The van der Waals surface area contributed by atoms with Crippen LogP contribution in [-0.4, -0.2) is 48.1 Å². The van der Waals surface area contributed by atoms with E-state index in [2.05, 4.69) is 11.6 Å². The number of Topliss-reactive ketones (excluding diaryl/α,β-unsaturated/α-hetero) is 1. The summed E-state index contributed by atoms with van der Waals surface area (Å²) < 4.78 is 22.4. The molecule has 1 atom stereocenters. The number of nitrogens with zero attached hydrogens (tertiary/aromatic N) is 2. The molecule has 4 aromatic rings. The highest BCUT2D eigenvalue weighted by Gasteiger charge is 2.48. The van der Waals surface area contributed by atoms with Crippen molar-refractivity contribution in [2.24, 2.45) is 0 Å². The van der Waals surface area contributed by atoms with E-state index in [1.807, 2.05) is 44.2 Å². The van der Waals surface area contributed by atoms with E-state index in [1.54, 1.807) is 43.3 Å². The van der Waals surface area contributed by atoms with Gasteiger partial charge < -0.3 is 24.1 Å². The van der Waals surface area contributed by atoms with Gasteiger partial charge in [-0.2, -0.15) is 0 Å². The number of carbonyl (C=O) groups is 3. The molecule has 1 aliphatic rings. The summed E-state index contributed by atoms with van der Waals surface area (Å²) in [5.41, 5.74) is 2.66. The maximum Gasteiger partial charge on any atom is 0.350 e. The van der Waals surface area contributed by atoms with Crippen molar-refractivity contribution in [3.63, 3.8) is 0 Å². The van der Waals surface area contributed by atoms with Gasteiger partial charge >= 0.3 is 11.9 Å². The summed E-state index contributed by atoms with van der Waals surface area (Å²) in [5, 5.41) is 11.8. The maximum absolute atomic E-state index is 13.8. The molecule has 1 N–H and O–H groups in total. The Morgan fingerprint density at radius 3 is 2.45 bits per heavy atom. The van der Waals surface area contributed by atoms with Crippen molar-refractivity contribution in [1.82, 2.24) is 4.98 Å². The van der Waals surface area contributed by atoms with E-state index in [-0.39, 0.29) is 27.9 Å². The molecule has 0 unspecified atom stereocenters. The lowest BCUT2D eigenvalue weighted by Gasteiger charge is -2.24. The van der Waals surface area contributed by atoms with Crippen molar-refractivity contribution >= 4 is 39.9 Å². The lowest BCUT2D eigenvalue weighted by atomic mass is 9.94. The first-order valence-electron chi connectivity index (χ1n) is 14.8. The van der Waals surface area contributed by atoms with Crippen LogP contribution in [0.1, 0.15) is 50.6 Å². The van der Waals surface area contributed by atoms with E-state index < -0.39 is 23.7 Å². The van der Waals surface area contributed by atoms with Crippen molar-refractivity contribution < 1.29 is 38.4 Å². The molecule has 5 rings (SSSR count). The molecule has 242 valence electrons. The quantitative estimate of drug-likeness (QED) is 0.0583. The molecule has 0 aliphatic carbocycles. The van der Waals surface area contributed by atoms with Gasteiger partial charge in [-0.3, -0.25) is 14.5 Å². The number of aliphatic hydroxyl groups is 1. The van der Waals surface area contributed by atoms with Gasteiger partial charge in [0.1, 0.15) is 29.6 Å². The average Bonchev–Trinajstić information content (AvgIpc) is 3.59. The molecule has 0 spiro atoms. The molecule has 1 aliphatic heterocycles. The molecule has 3 aromatic carbocycles. The second kappa shape index (κ2) is 14.3. The minimum atomic E-state index is -1.11. The lowest BCUT2D eigenvalue weighted by molar-refractivity contribution is -0.132. The van der Waals surface area contributed by atoms with Gasteiger partial charge in [-0.1, -0.05) is 60.4 Å². The molecular weight excluding hydrogens is 620 g/mol. The van der Waals surface area contributed by atoms with Gasteiger partial charge in [0.15, 0.2) is 16.6 Å². The van der Waals surface area contributed by atoms with Crippen molar-refractivity contribution in [2.75, 3.05) is 25.2 Å². The van der Waals surface area contributed by atoms with Crippen LogP contribution >= 0.6 is 11.3 Å². The monoisotopic (exact) mass is 654 g/mol. The number of methoxy groups -OCH3 is 1. The van der Waals surface area contributed by atoms with Crippen LogP contribution < -0.4 is 19.1 Å². The van der Waals surface area contributed by atoms with Crippen molar-refractivity contribution in [1.29, 1.82) is 0 Å². The van der Waals surface area contributed by atoms with E-state index in [9.17, 15) is 19.5 Å². The Labute approximate surface area is 276 Å². The first-order valence-corrected chi connectivity index (χ1v) is 15.6. The molecule has 11 heteroatoms. The predicted molar refractivity (Wildman–Crippen MR) is 178 cm³/mol. The van der Waals surface area contributed by atoms with Crippen LogP contribution in [0.3, 0.4) is 0 Å². The molecule has 1 fully saturated rings. The SMILES string of the molecule is C=CCOC(=O)c1sc(N2C(=O)C(=O)/C(=C(/O)c3ccc(OCc4ccccc4)c(C)c3)[C@H]2c2ccc(OCC)c(OC)c2)nc1C. The Bertz CT molecular complexity index is 1860. The fraction of sp³-hybridized carbons (Fsp3) is 0.222. The number of aliphatic hydroxyl groups excluding tert-OH is 1. The van der Waals surface area contributed by atoms with E-state index >= 15 is 0 Å². The summed E-state index contributed by atoms with van der Waals surface area (Å²) in [6.07, 6.45) is 1.44. The number of ketones is 1. The molecule has 1 aromatic heterocycles. The first-order chi connectivity index (χ1) is 22.7. The number of rotatable bonds is 12. The summed E-state index contributed by atoms with van der Waals surface area (Å²) in [6.45, 7) is 9.58. The molecule has 10 nitrogen and oxygen atoms in total. The molecule has 0 radical (unpaired) electrons. The summed E-state index contributed by atoms with van der Waals surface area (Å²) in [5.74, 6) is -1.39. The summed E-state index contributed by atoms with van der Waals surface area (Å²) >= 11 is 0.915. The second-order valence-corrected chi connectivity index (χ2v) is 11.5. The van der Waals surface area contributed by atoms with E-state index in [0.717, 1.165) is 22.5 Å². The number of thiazole rings is 1. The smallest absolute Gasteiger partial charge is 0.350 e. The zero-order chi connectivity index (χ0) is 33.7. The first kappa shape index (κ1) is 33.0. The third kappa shape index (κ3) is 6.75. The number of aryl methyl sites for hydroxylation is 2. The van der Waals surface area contributed by atoms with E-state index in [1.165, 1.54) is 18.1 Å². The standard InChI is InChI=1S/C36H34N2O8S/c1-6-17-45-35(42)33-22(4)37-36(47-33)38-30(24-13-16-27(44-7-2)28(19-24)43-5)29(32(40)34(38)41)31(39)25-14-15-26(21(3)18-25)46-20-23-11-9-8-10-12-23/h6,8-16,18-19,30,39H,1,7,17,20H2,2-5H3/b31-29+/t30-/m1/s1. The molecule has 2 heterocycles. The van der Waals surface area contributed by atoms with Gasteiger partial charge in [0.2, 0.25) is 0 Å². The zero-order valence-corrected chi connectivity index (χ0v) is 27.3. The second-order valence-electron chi connectivity index (χ2n) is 10.6. The number of carbonyl (C=O) groups excluding carboxylic acids is 3. The molecule has 0 saturated carbocycles. The highest BCUT2D eigenvalue weighted by molar-refractivity contribution is 7.17. The van der Waals surface area contributed by atoms with Crippen LogP contribution in [0.5, 0.6) is 17.2 Å². The van der Waals surface area contributed by atoms with Crippen LogP contribution in [0.25, 0.3) is 5.76 Å². The Balaban J connectivity index is 1.60. The Kier molecular flexibility index (Phi) is 10.1. The molecule has 47 heavy (non-hydrogen) atoms. The fourth-order valence-electron chi connectivity index (χ4n) is 5.20. The van der Waals surface area contributed by atoms with E-state index in [0.29, 0.717) is 47.3 Å². The summed E-state index contributed by atoms with van der Waals surface area (Å²) in [7, 11) is 1.48. The van der Waals surface area contributed by atoms with E-state index in [4.69, 9.17) is 18.9 Å². The summed E-state index contributed by atoms with van der Waals surface area (Å²) in [4.78, 5) is 46.1. The summed E-state index contributed by atoms with van der Waals surface area (Å²) in [6, 6.07) is 18.6. The minimum Gasteiger partial charge on any atom is -0.507 e. The number of hydrogen-bond acceptors (Lipinski definition) is 10. The van der Waals surface area contributed by atoms with Crippen molar-refractivity contribution in [2.45, 2.75) is 33.4 Å². The number of benzene rings is 3. The number of hydrogen-bond donors (Lipinski definition) is 1. The Morgan fingerprint density at radius 2 is 1.77 bits per heavy atom. The van der Waals surface area contributed by atoms with Gasteiger partial charge in [0.25, 0.3) is 5.78 Å².